The molecule has 1 saturated carbocycles. The van der Waals surface area contributed by atoms with Crippen molar-refractivity contribution in [3.8, 4) is 0 Å². The summed E-state index contributed by atoms with van der Waals surface area (Å²) in [5.41, 5.74) is 13.6. The quantitative estimate of drug-likeness (QED) is 0.183. The maximum atomic E-state index is 13.3. The number of nitrogens with two attached hydrogens (primary N) is 2. The molecular formula is C23H29N9O11P2. The van der Waals surface area contributed by atoms with Crippen LogP contribution in [-0.2, 0) is 36.7 Å². The van der Waals surface area contributed by atoms with Crippen molar-refractivity contribution >= 4 is 49.5 Å². The van der Waals surface area contributed by atoms with E-state index in [1.165, 1.54) is 41.4 Å². The third-order valence-corrected chi connectivity index (χ3v) is 10.1. The first-order valence-corrected chi connectivity index (χ1v) is 16.6. The number of aliphatic hydroxyl groups excluding tert-OH is 1. The molecule has 0 amide bonds. The minimum atomic E-state index is -4.88. The molecule has 4 aromatic rings. The zero-order valence-corrected chi connectivity index (χ0v) is 25.2. The van der Waals surface area contributed by atoms with Gasteiger partial charge in [-0.1, -0.05) is 0 Å². The molecule has 3 fully saturated rings. The highest BCUT2D eigenvalue weighted by Crippen LogP contribution is 2.55. The zero-order chi connectivity index (χ0) is 31.7. The molecule has 1 aliphatic carbocycles. The fourth-order valence-corrected chi connectivity index (χ4v) is 8.10. The SMILES string of the molecule is COC1[C@H]2OP(=O)(O)OC[C@H]3C[C@@H](n4cnc5c(N)ncnc54)C(O)[C@H]3OP(=O)(O)OC[C@H]2O[C@H]1n1cnc2c(N)ccnc21. The van der Waals surface area contributed by atoms with Crippen LogP contribution < -0.4 is 11.5 Å². The summed E-state index contributed by atoms with van der Waals surface area (Å²) in [5.74, 6) is -0.764. The Balaban J connectivity index is 1.18. The van der Waals surface area contributed by atoms with Gasteiger partial charge in [0.05, 0.1) is 37.6 Å². The molecular weight excluding hydrogens is 640 g/mol. The third kappa shape index (κ3) is 5.41. The average molecular weight is 669 g/mol. The molecule has 242 valence electrons. The number of hydrogen-bond donors (Lipinski definition) is 5. The van der Waals surface area contributed by atoms with Crippen LogP contribution in [0.25, 0.3) is 22.3 Å². The summed E-state index contributed by atoms with van der Waals surface area (Å²) in [4.78, 5) is 42.4. The highest BCUT2D eigenvalue weighted by atomic mass is 31.2. The minimum absolute atomic E-state index is 0.0585. The van der Waals surface area contributed by atoms with Gasteiger partial charge in [0, 0.05) is 19.2 Å². The molecule has 2 saturated heterocycles. The monoisotopic (exact) mass is 669 g/mol. The number of methoxy groups -OCH3 is 1. The molecule has 45 heavy (non-hydrogen) atoms. The van der Waals surface area contributed by atoms with Crippen molar-refractivity contribution < 1.29 is 51.6 Å². The molecule has 6 heterocycles. The highest BCUT2D eigenvalue weighted by Gasteiger charge is 2.54. The first-order chi connectivity index (χ1) is 21.5. The summed E-state index contributed by atoms with van der Waals surface area (Å²) < 4.78 is 63.0. The Morgan fingerprint density at radius 3 is 2.40 bits per heavy atom. The smallest absolute Gasteiger partial charge is 0.397 e. The van der Waals surface area contributed by atoms with E-state index in [4.69, 9.17) is 39.0 Å². The van der Waals surface area contributed by atoms with Crippen LogP contribution in [0.3, 0.4) is 0 Å². The lowest BCUT2D eigenvalue weighted by atomic mass is 10.1. The van der Waals surface area contributed by atoms with Gasteiger partial charge < -0.3 is 40.4 Å². The molecule has 3 aliphatic rings. The number of fused-ring (bicyclic) bond motifs is 4. The Morgan fingerprint density at radius 1 is 0.933 bits per heavy atom. The van der Waals surface area contributed by atoms with E-state index in [1.54, 1.807) is 6.07 Å². The van der Waals surface area contributed by atoms with Crippen molar-refractivity contribution in [3.63, 3.8) is 0 Å². The molecule has 4 aromatic heterocycles. The van der Waals surface area contributed by atoms with Crippen LogP contribution in [0.4, 0.5) is 11.5 Å². The maximum absolute atomic E-state index is 13.3. The van der Waals surface area contributed by atoms with Crippen LogP contribution >= 0.6 is 15.6 Å². The Hall–Kier alpha value is -3.13. The lowest BCUT2D eigenvalue weighted by molar-refractivity contribution is -0.0632. The molecule has 4 unspecified atom stereocenters. The summed E-state index contributed by atoms with van der Waals surface area (Å²) in [6, 6.07) is 0.766. The van der Waals surface area contributed by atoms with Gasteiger partial charge in [-0.3, -0.25) is 22.7 Å². The number of ether oxygens (including phenoxy) is 2. The van der Waals surface area contributed by atoms with Gasteiger partial charge >= 0.3 is 15.6 Å². The number of aromatic nitrogens is 7. The highest BCUT2D eigenvalue weighted by molar-refractivity contribution is 7.47. The number of nitrogen functional groups attached to an aromatic ring is 2. The van der Waals surface area contributed by atoms with Gasteiger partial charge in [0.25, 0.3) is 0 Å². The van der Waals surface area contributed by atoms with Gasteiger partial charge in [0.1, 0.15) is 47.9 Å². The number of pyridine rings is 1. The van der Waals surface area contributed by atoms with Crippen LogP contribution in [0.2, 0.25) is 0 Å². The number of phosphoric acid groups is 2. The number of aliphatic hydroxyl groups is 1. The lowest BCUT2D eigenvalue weighted by Crippen LogP contribution is -2.38. The third-order valence-electron chi connectivity index (χ3n) is 8.17. The Kier molecular flexibility index (Phi) is 7.65. The van der Waals surface area contributed by atoms with E-state index >= 15 is 0 Å². The Labute approximate surface area is 253 Å². The van der Waals surface area contributed by atoms with Crippen molar-refractivity contribution in [2.45, 2.75) is 49.2 Å². The second-order valence-electron chi connectivity index (χ2n) is 10.8. The van der Waals surface area contributed by atoms with Crippen LogP contribution in [0.5, 0.6) is 0 Å². The van der Waals surface area contributed by atoms with E-state index in [9.17, 15) is 24.0 Å². The predicted octanol–water partition coefficient (Wildman–Crippen LogP) is 0.288. The van der Waals surface area contributed by atoms with Crippen LogP contribution in [0, 0.1) is 5.92 Å². The van der Waals surface area contributed by atoms with Crippen molar-refractivity contribution in [3.05, 3.63) is 31.2 Å². The van der Waals surface area contributed by atoms with Crippen LogP contribution in [0.15, 0.2) is 31.2 Å². The van der Waals surface area contributed by atoms with Gasteiger partial charge in [-0.2, -0.15) is 0 Å². The number of nitrogens with zero attached hydrogens (tertiary/aromatic N) is 7. The molecule has 22 heteroatoms. The summed E-state index contributed by atoms with van der Waals surface area (Å²) >= 11 is 0. The summed E-state index contributed by atoms with van der Waals surface area (Å²) in [6.07, 6.45) is -1.95. The second kappa shape index (κ2) is 11.3. The molecule has 0 aromatic carbocycles. The molecule has 2 aliphatic heterocycles. The van der Waals surface area contributed by atoms with Crippen molar-refractivity contribution in [2.75, 3.05) is 31.8 Å². The summed E-state index contributed by atoms with van der Waals surface area (Å²) in [5, 5.41) is 11.3. The number of hydrogen-bond acceptors (Lipinski definition) is 16. The van der Waals surface area contributed by atoms with E-state index in [0.717, 1.165) is 0 Å². The molecule has 10 atom stereocenters. The van der Waals surface area contributed by atoms with Gasteiger partial charge in [0.15, 0.2) is 23.3 Å². The minimum Gasteiger partial charge on any atom is -0.397 e. The topological polar surface area (TPSA) is 277 Å². The van der Waals surface area contributed by atoms with E-state index in [1.807, 2.05) is 0 Å². The fourth-order valence-electron chi connectivity index (χ4n) is 6.09. The average Bonchev–Trinajstić information content (AvgIpc) is 3.75. The van der Waals surface area contributed by atoms with Gasteiger partial charge in [-0.25, -0.2) is 34.0 Å². The molecule has 0 spiro atoms. The van der Waals surface area contributed by atoms with Crippen LogP contribution in [0.1, 0.15) is 18.7 Å². The van der Waals surface area contributed by atoms with Gasteiger partial charge in [0.2, 0.25) is 0 Å². The lowest BCUT2D eigenvalue weighted by Gasteiger charge is -2.29. The Morgan fingerprint density at radius 2 is 1.62 bits per heavy atom. The molecule has 7 rings (SSSR count). The summed E-state index contributed by atoms with van der Waals surface area (Å²) in [6.45, 7) is -1.15. The van der Waals surface area contributed by atoms with Gasteiger partial charge in [-0.05, 0) is 12.5 Å². The van der Waals surface area contributed by atoms with Crippen molar-refractivity contribution in [1.29, 1.82) is 0 Å². The number of imidazole rings is 2. The van der Waals surface area contributed by atoms with E-state index in [2.05, 4.69) is 24.9 Å². The fraction of sp³-hybridized carbons (Fsp3) is 0.522. The standard InChI is InChI=1S/C23H29N9O11P2/c1-38-19-18-13(41-23(19)32-9-29-14-11(24)2-3-26-21(14)32)6-40-45(36,37)42-17-10(5-39-44(34,35)43-18)4-12(16(17)33)31-8-30-15-20(25)27-7-28-22(15)31/h2-3,7-10,12-13,16-19,23,33H,4-6H2,1H3,(H2,24,26)(H,34,35)(H,36,37)(H2,25,27,28)/t10-,12-,13-,16?,17+,18+,19?,23-/m1/s1. The van der Waals surface area contributed by atoms with E-state index < -0.39 is 77.6 Å². The number of rotatable bonds is 3. The second-order valence-corrected chi connectivity index (χ2v) is 13.6. The maximum Gasteiger partial charge on any atom is 0.472 e. The van der Waals surface area contributed by atoms with Crippen molar-refractivity contribution in [2.24, 2.45) is 5.92 Å². The first kappa shape index (κ1) is 30.5. The summed E-state index contributed by atoms with van der Waals surface area (Å²) in [7, 11) is -8.40. The number of phosphoric ester groups is 2. The first-order valence-electron chi connectivity index (χ1n) is 13.6. The van der Waals surface area contributed by atoms with E-state index in [0.29, 0.717) is 22.5 Å². The normalized spacial score (nSPS) is 37.7. The van der Waals surface area contributed by atoms with Crippen molar-refractivity contribution in [1.82, 2.24) is 34.1 Å². The molecule has 20 nitrogen and oxygen atoms in total. The largest absolute Gasteiger partial charge is 0.472 e. The predicted molar refractivity (Wildman–Crippen MR) is 151 cm³/mol. The molecule has 7 N–H and O–H groups in total. The van der Waals surface area contributed by atoms with Crippen LogP contribution in [-0.4, -0.2) is 99.8 Å². The van der Waals surface area contributed by atoms with Gasteiger partial charge in [-0.15, -0.1) is 0 Å². The zero-order valence-electron chi connectivity index (χ0n) is 23.4. The van der Waals surface area contributed by atoms with E-state index in [-0.39, 0.29) is 17.8 Å². The number of anilines is 2. The Bertz CT molecular complexity index is 1840. The molecule has 0 bridgehead atoms. The molecule has 0 radical (unpaired) electrons.